The number of nitrogens with one attached hydrogen (secondary N) is 2. The molecule has 1 aliphatic carbocycles. The number of aromatic nitrogens is 1. The molecule has 0 unspecified atom stereocenters. The van der Waals surface area contributed by atoms with Crippen LogP contribution in [0.15, 0.2) is 59.1 Å². The predicted molar refractivity (Wildman–Crippen MR) is 118 cm³/mol. The Morgan fingerprint density at radius 3 is 2.79 bits per heavy atom. The van der Waals surface area contributed by atoms with Gasteiger partial charge in [0.05, 0.1) is 9.88 Å². The van der Waals surface area contributed by atoms with Gasteiger partial charge in [0.1, 0.15) is 6.10 Å². The molecule has 2 N–H and O–H groups in total. The summed E-state index contributed by atoms with van der Waals surface area (Å²) >= 11 is 1.75. The van der Waals surface area contributed by atoms with Crippen LogP contribution in [0, 0.1) is 0 Å². The molecule has 0 bridgehead atoms. The number of thiazole rings is 1. The Morgan fingerprint density at radius 1 is 1.39 bits per heavy atom. The number of allylic oxidation sites excluding steroid dienone is 4. The Kier molecular flexibility index (Phi) is 6.95. The quantitative estimate of drug-likeness (QED) is 0.301. The third-order valence-corrected chi connectivity index (χ3v) is 5.92. The molecule has 28 heavy (non-hydrogen) atoms. The average molecular weight is 398 g/mol. The molecule has 1 aromatic heterocycles. The minimum atomic E-state index is 0.148. The predicted octanol–water partition coefficient (Wildman–Crippen LogP) is 3.99. The van der Waals surface area contributed by atoms with Crippen LogP contribution in [0.4, 0.5) is 0 Å². The molecular formula is C21H27N5OS. The molecule has 2 heterocycles. The molecule has 1 saturated heterocycles. The highest BCUT2D eigenvalue weighted by molar-refractivity contribution is 7.12. The fraction of sp³-hybridized carbons (Fsp3) is 0.381. The van der Waals surface area contributed by atoms with Gasteiger partial charge < -0.3 is 10.1 Å². The van der Waals surface area contributed by atoms with Crippen LogP contribution in [0.25, 0.3) is 5.57 Å². The van der Waals surface area contributed by atoms with Gasteiger partial charge in [0, 0.05) is 31.4 Å². The molecule has 6 nitrogen and oxygen atoms in total. The van der Waals surface area contributed by atoms with Gasteiger partial charge in [-0.25, -0.2) is 15.0 Å². The van der Waals surface area contributed by atoms with Crippen LogP contribution in [0.1, 0.15) is 42.0 Å². The van der Waals surface area contributed by atoms with E-state index in [-0.39, 0.29) is 6.10 Å². The van der Waals surface area contributed by atoms with E-state index in [1.165, 1.54) is 24.3 Å². The molecule has 1 aliphatic heterocycles. The van der Waals surface area contributed by atoms with Crippen molar-refractivity contribution in [1.29, 1.82) is 0 Å². The minimum Gasteiger partial charge on any atom is -0.473 e. The summed E-state index contributed by atoms with van der Waals surface area (Å²) in [6, 6.07) is 0. The van der Waals surface area contributed by atoms with E-state index in [0.29, 0.717) is 17.8 Å². The zero-order valence-corrected chi connectivity index (χ0v) is 17.1. The van der Waals surface area contributed by atoms with Gasteiger partial charge in [-0.05, 0) is 50.3 Å². The number of ether oxygens (including phenoxy) is 1. The number of aliphatic imine (C=N–C) groups is 2. The second-order valence-corrected chi connectivity index (χ2v) is 8.04. The molecule has 0 spiro atoms. The summed E-state index contributed by atoms with van der Waals surface area (Å²) in [6.07, 6.45) is 11.5. The van der Waals surface area contributed by atoms with Crippen LogP contribution in [-0.4, -0.2) is 36.9 Å². The van der Waals surface area contributed by atoms with E-state index >= 15 is 0 Å². The maximum atomic E-state index is 5.59. The summed E-state index contributed by atoms with van der Waals surface area (Å²) < 4.78 is 5.59. The van der Waals surface area contributed by atoms with Gasteiger partial charge >= 0.3 is 0 Å². The van der Waals surface area contributed by atoms with E-state index in [2.05, 4.69) is 45.5 Å². The maximum absolute atomic E-state index is 5.59. The van der Waals surface area contributed by atoms with E-state index in [9.17, 15) is 0 Å². The molecule has 3 rings (SSSR count). The first-order valence-electron chi connectivity index (χ1n) is 9.43. The number of hydrogen-bond acceptors (Lipinski definition) is 5. The van der Waals surface area contributed by atoms with Gasteiger partial charge in [0.2, 0.25) is 5.96 Å². The molecule has 0 radical (unpaired) electrons. The monoisotopic (exact) mass is 397 g/mol. The fourth-order valence-corrected chi connectivity index (χ4v) is 3.74. The van der Waals surface area contributed by atoms with Crippen LogP contribution < -0.4 is 10.6 Å². The Bertz CT molecular complexity index is 828. The number of nitrogens with zero attached hydrogens (tertiary/aromatic N) is 3. The van der Waals surface area contributed by atoms with Crippen molar-refractivity contribution >= 4 is 29.6 Å². The summed E-state index contributed by atoms with van der Waals surface area (Å²) in [7, 11) is 0. The first kappa shape index (κ1) is 20.2. The Morgan fingerprint density at radius 2 is 2.18 bits per heavy atom. The number of hydrogen-bond donors (Lipinski definition) is 2. The van der Waals surface area contributed by atoms with Crippen molar-refractivity contribution in [3.8, 4) is 0 Å². The van der Waals surface area contributed by atoms with Crippen LogP contribution in [0.5, 0.6) is 0 Å². The Hall–Kier alpha value is -2.51. The van der Waals surface area contributed by atoms with Crippen molar-refractivity contribution in [2.45, 2.75) is 38.2 Å². The summed E-state index contributed by atoms with van der Waals surface area (Å²) in [5, 5.41) is 7.28. The third-order valence-electron chi connectivity index (χ3n) is 4.68. The van der Waals surface area contributed by atoms with Gasteiger partial charge in [0.15, 0.2) is 5.88 Å². The highest BCUT2D eigenvalue weighted by atomic mass is 32.1. The first-order chi connectivity index (χ1) is 13.5. The molecule has 2 aliphatic rings. The topological polar surface area (TPSA) is 70.9 Å². The largest absolute Gasteiger partial charge is 0.473 e. The third kappa shape index (κ3) is 5.50. The Balaban J connectivity index is 1.52. The van der Waals surface area contributed by atoms with Crippen molar-refractivity contribution in [3.63, 3.8) is 0 Å². The molecule has 2 fully saturated rings. The van der Waals surface area contributed by atoms with Crippen molar-refractivity contribution < 1.29 is 4.74 Å². The lowest BCUT2D eigenvalue weighted by atomic mass is 9.86. The van der Waals surface area contributed by atoms with E-state index in [0.717, 1.165) is 29.1 Å². The highest BCUT2D eigenvalue weighted by Crippen LogP contribution is 2.39. The second kappa shape index (κ2) is 9.61. The molecule has 0 aromatic carbocycles. The van der Waals surface area contributed by atoms with Crippen LogP contribution >= 0.6 is 11.3 Å². The van der Waals surface area contributed by atoms with Gasteiger partial charge in [-0.2, -0.15) is 0 Å². The van der Waals surface area contributed by atoms with Crippen molar-refractivity contribution in [3.05, 3.63) is 59.0 Å². The van der Waals surface area contributed by atoms with Gasteiger partial charge in [0.25, 0.3) is 0 Å². The van der Waals surface area contributed by atoms with E-state index in [4.69, 9.17) is 4.74 Å². The standard InChI is InChI=1S/C21H27N5OS/c1-14(10-15(2)19-13-25-20(28-19)17-6-5-7-17)8-9-24-21(22-4)26-16(3)27-18-11-23-12-18/h8-10,13,17-18,23H,2-7,11-12H2,1H3,(H,24,26)/b9-8+,14-10-. The molecule has 7 heteroatoms. The summed E-state index contributed by atoms with van der Waals surface area (Å²) in [5.41, 5.74) is 2.00. The minimum absolute atomic E-state index is 0.148. The molecule has 148 valence electrons. The van der Waals surface area contributed by atoms with Crippen LogP contribution in [0.3, 0.4) is 0 Å². The summed E-state index contributed by atoms with van der Waals surface area (Å²) in [6.45, 7) is 15.2. The lowest BCUT2D eigenvalue weighted by Crippen LogP contribution is -2.49. The fourth-order valence-electron chi connectivity index (χ4n) is 2.71. The second-order valence-electron chi connectivity index (χ2n) is 6.98. The van der Waals surface area contributed by atoms with Gasteiger partial charge in [-0.1, -0.05) is 19.1 Å². The highest BCUT2D eigenvalue weighted by Gasteiger charge is 2.22. The van der Waals surface area contributed by atoms with Gasteiger partial charge in [-0.3, -0.25) is 5.32 Å². The van der Waals surface area contributed by atoms with Gasteiger partial charge in [-0.15, -0.1) is 11.3 Å². The lowest BCUT2D eigenvalue weighted by molar-refractivity contribution is 0.0657. The number of rotatable bonds is 8. The van der Waals surface area contributed by atoms with Crippen molar-refractivity contribution in [2.24, 2.45) is 9.98 Å². The molecule has 0 atom stereocenters. The SMILES string of the molecule is C=NC(=N/C=C/C(C)=C\C(=C)c1cnc(C2CCC2)s1)NC(=C)OC1CNC1. The molecule has 0 amide bonds. The normalized spacial score (nSPS) is 18.5. The zero-order valence-electron chi connectivity index (χ0n) is 16.3. The smallest absolute Gasteiger partial charge is 0.228 e. The van der Waals surface area contributed by atoms with Crippen molar-refractivity contribution in [2.75, 3.05) is 13.1 Å². The van der Waals surface area contributed by atoms with Crippen LogP contribution in [-0.2, 0) is 4.74 Å². The average Bonchev–Trinajstić information content (AvgIpc) is 3.05. The van der Waals surface area contributed by atoms with E-state index in [1.807, 2.05) is 25.3 Å². The van der Waals surface area contributed by atoms with Crippen LogP contribution in [0.2, 0.25) is 0 Å². The summed E-state index contributed by atoms with van der Waals surface area (Å²) in [4.78, 5) is 13.8. The molecule has 1 saturated carbocycles. The first-order valence-corrected chi connectivity index (χ1v) is 10.2. The molecule has 1 aromatic rings. The van der Waals surface area contributed by atoms with E-state index in [1.54, 1.807) is 17.5 Å². The van der Waals surface area contributed by atoms with E-state index < -0.39 is 0 Å². The summed E-state index contributed by atoms with van der Waals surface area (Å²) in [5.74, 6) is 1.41. The maximum Gasteiger partial charge on any atom is 0.228 e. The Labute approximate surface area is 170 Å². The zero-order chi connectivity index (χ0) is 19.9. The molecular weight excluding hydrogens is 370 g/mol. The van der Waals surface area contributed by atoms with Crippen molar-refractivity contribution in [1.82, 2.24) is 15.6 Å². The number of guanidine groups is 1. The lowest BCUT2D eigenvalue weighted by Gasteiger charge is -2.28.